The number of hydrogen-bond acceptors (Lipinski definition) is 2. The Kier molecular flexibility index (Phi) is 2.64. The van der Waals surface area contributed by atoms with E-state index in [4.69, 9.17) is 5.11 Å². The van der Waals surface area contributed by atoms with E-state index in [9.17, 15) is 18.4 Å². The van der Waals surface area contributed by atoms with Gasteiger partial charge in [0.05, 0.1) is 0 Å². The molecule has 4 nitrogen and oxygen atoms in total. The molecular weight excluding hydrogens is 196 g/mol. The third-order valence-corrected chi connectivity index (χ3v) is 1.63. The van der Waals surface area contributed by atoms with Crippen molar-refractivity contribution in [1.29, 1.82) is 0 Å². The summed E-state index contributed by atoms with van der Waals surface area (Å²) in [5.74, 6) is -1.65. The third-order valence-electron chi connectivity index (χ3n) is 1.63. The van der Waals surface area contributed by atoms with Crippen LogP contribution >= 0.6 is 0 Å². The minimum atomic E-state index is -3.01. The fourth-order valence-electron chi connectivity index (χ4n) is 1.10. The molecule has 0 aliphatic rings. The van der Waals surface area contributed by atoms with Crippen molar-refractivity contribution in [1.82, 2.24) is 4.98 Å². The van der Waals surface area contributed by atoms with Gasteiger partial charge in [-0.15, -0.1) is 0 Å². The molecular formula is C8H7F2NO3. The van der Waals surface area contributed by atoms with Gasteiger partial charge in [-0.05, 0) is 6.92 Å². The van der Waals surface area contributed by atoms with Gasteiger partial charge >= 0.3 is 5.97 Å². The number of nitrogens with one attached hydrogen (secondary N) is 1. The molecule has 0 bridgehead atoms. The van der Waals surface area contributed by atoms with Crippen molar-refractivity contribution in [3.8, 4) is 0 Å². The molecule has 0 aliphatic carbocycles. The van der Waals surface area contributed by atoms with Crippen LogP contribution in [0, 0.1) is 6.92 Å². The molecule has 6 heteroatoms. The fourth-order valence-corrected chi connectivity index (χ4v) is 1.10. The van der Waals surface area contributed by atoms with E-state index in [1.54, 1.807) is 0 Å². The van der Waals surface area contributed by atoms with Crippen LogP contribution in [0.25, 0.3) is 0 Å². The van der Waals surface area contributed by atoms with Crippen LogP contribution < -0.4 is 5.43 Å². The van der Waals surface area contributed by atoms with Crippen molar-refractivity contribution in [2.24, 2.45) is 0 Å². The summed E-state index contributed by atoms with van der Waals surface area (Å²) in [6, 6.07) is 0.968. The molecule has 0 saturated heterocycles. The van der Waals surface area contributed by atoms with E-state index in [2.05, 4.69) is 4.98 Å². The number of carbonyl (C=O) groups is 1. The van der Waals surface area contributed by atoms with Crippen LogP contribution in [-0.2, 0) is 0 Å². The van der Waals surface area contributed by atoms with Crippen molar-refractivity contribution in [2.75, 3.05) is 0 Å². The monoisotopic (exact) mass is 203 g/mol. The van der Waals surface area contributed by atoms with E-state index in [1.807, 2.05) is 0 Å². The zero-order valence-corrected chi connectivity index (χ0v) is 7.17. The van der Waals surface area contributed by atoms with Crippen LogP contribution in [0.1, 0.15) is 28.2 Å². The second kappa shape index (κ2) is 3.57. The maximum atomic E-state index is 12.3. The van der Waals surface area contributed by atoms with Gasteiger partial charge in [0.15, 0.2) is 5.43 Å². The topological polar surface area (TPSA) is 70.2 Å². The second-order valence-electron chi connectivity index (χ2n) is 2.71. The third kappa shape index (κ3) is 1.78. The SMILES string of the molecule is Cc1cc(=O)c(C(=O)O)c(C(F)F)[nH]1. The first-order valence-electron chi connectivity index (χ1n) is 3.68. The van der Waals surface area contributed by atoms with Crippen LogP contribution in [-0.4, -0.2) is 16.1 Å². The van der Waals surface area contributed by atoms with E-state index in [1.165, 1.54) is 6.92 Å². The van der Waals surface area contributed by atoms with Crippen molar-refractivity contribution < 1.29 is 18.7 Å². The molecule has 14 heavy (non-hydrogen) atoms. The van der Waals surface area contributed by atoms with Gasteiger partial charge < -0.3 is 10.1 Å². The smallest absolute Gasteiger partial charge is 0.341 e. The molecule has 76 valence electrons. The molecule has 0 spiro atoms. The Hall–Kier alpha value is -1.72. The minimum Gasteiger partial charge on any atom is -0.477 e. The quantitative estimate of drug-likeness (QED) is 0.761. The van der Waals surface area contributed by atoms with Gasteiger partial charge in [-0.1, -0.05) is 0 Å². The molecule has 0 fully saturated rings. The number of rotatable bonds is 2. The number of aromatic nitrogens is 1. The molecule has 0 atom stereocenters. The van der Waals surface area contributed by atoms with E-state index in [0.29, 0.717) is 0 Å². The van der Waals surface area contributed by atoms with Crippen LogP contribution in [0.2, 0.25) is 0 Å². The largest absolute Gasteiger partial charge is 0.477 e. The number of carboxylic acids is 1. The van der Waals surface area contributed by atoms with E-state index >= 15 is 0 Å². The molecule has 0 amide bonds. The van der Waals surface area contributed by atoms with Gasteiger partial charge in [0.25, 0.3) is 6.43 Å². The number of aromatic carboxylic acids is 1. The van der Waals surface area contributed by atoms with Gasteiger partial charge in [0, 0.05) is 11.8 Å². The highest BCUT2D eigenvalue weighted by Gasteiger charge is 2.21. The average molecular weight is 203 g/mol. The van der Waals surface area contributed by atoms with E-state index in [-0.39, 0.29) is 5.69 Å². The van der Waals surface area contributed by atoms with Crippen molar-refractivity contribution in [2.45, 2.75) is 13.3 Å². The Morgan fingerprint density at radius 3 is 2.57 bits per heavy atom. The molecule has 0 aromatic carbocycles. The molecule has 0 aliphatic heterocycles. The number of H-pyrrole nitrogens is 1. The number of aryl methyl sites for hydroxylation is 1. The Balaban J connectivity index is 3.53. The summed E-state index contributed by atoms with van der Waals surface area (Å²) in [7, 11) is 0. The van der Waals surface area contributed by atoms with Gasteiger partial charge in [-0.25, -0.2) is 13.6 Å². The highest BCUT2D eigenvalue weighted by atomic mass is 19.3. The lowest BCUT2D eigenvalue weighted by Gasteiger charge is -2.05. The van der Waals surface area contributed by atoms with Gasteiger partial charge in [0.1, 0.15) is 11.3 Å². The van der Waals surface area contributed by atoms with Crippen LogP contribution in [0.5, 0.6) is 0 Å². The Bertz CT molecular complexity index is 425. The normalized spacial score (nSPS) is 10.6. The summed E-state index contributed by atoms with van der Waals surface area (Å²) in [5, 5.41) is 8.53. The summed E-state index contributed by atoms with van der Waals surface area (Å²) >= 11 is 0. The standard InChI is InChI=1S/C8H7F2NO3/c1-3-2-4(12)5(8(13)14)6(11-3)7(9)10/h2,7H,1H3,(H,11,12)(H,13,14). The van der Waals surface area contributed by atoms with Crippen molar-refractivity contribution in [3.05, 3.63) is 33.2 Å². The molecule has 0 unspecified atom stereocenters. The maximum Gasteiger partial charge on any atom is 0.341 e. The number of aromatic amines is 1. The van der Waals surface area contributed by atoms with Crippen LogP contribution in [0.3, 0.4) is 0 Å². The van der Waals surface area contributed by atoms with Gasteiger partial charge in [0.2, 0.25) is 0 Å². The Morgan fingerprint density at radius 2 is 2.14 bits per heavy atom. The summed E-state index contributed by atoms with van der Waals surface area (Å²) in [5.41, 5.74) is -2.45. The maximum absolute atomic E-state index is 12.3. The van der Waals surface area contributed by atoms with Gasteiger partial charge in [-0.3, -0.25) is 4.79 Å². The summed E-state index contributed by atoms with van der Waals surface area (Å²) in [4.78, 5) is 23.7. The molecule has 1 heterocycles. The lowest BCUT2D eigenvalue weighted by Crippen LogP contribution is -2.19. The first kappa shape index (κ1) is 10.4. The predicted octanol–water partition coefficient (Wildman–Crippen LogP) is 1.32. The number of halogens is 2. The summed E-state index contributed by atoms with van der Waals surface area (Å²) in [6.45, 7) is 1.40. The van der Waals surface area contributed by atoms with E-state index < -0.39 is 29.1 Å². The molecule has 1 aromatic rings. The molecule has 1 rings (SSSR count). The molecule has 2 N–H and O–H groups in total. The molecule has 1 aromatic heterocycles. The lowest BCUT2D eigenvalue weighted by molar-refractivity contribution is 0.0680. The highest BCUT2D eigenvalue weighted by molar-refractivity contribution is 5.88. The number of pyridine rings is 1. The second-order valence-corrected chi connectivity index (χ2v) is 2.71. The zero-order chi connectivity index (χ0) is 10.9. The fraction of sp³-hybridized carbons (Fsp3) is 0.250. The first-order valence-corrected chi connectivity index (χ1v) is 3.68. The van der Waals surface area contributed by atoms with E-state index in [0.717, 1.165) is 6.07 Å². The first-order chi connectivity index (χ1) is 6.43. The Labute approximate surface area is 77.2 Å². The number of hydrogen-bond donors (Lipinski definition) is 2. The van der Waals surface area contributed by atoms with Crippen molar-refractivity contribution >= 4 is 5.97 Å². The number of alkyl halides is 2. The highest BCUT2D eigenvalue weighted by Crippen LogP contribution is 2.18. The molecule has 0 saturated carbocycles. The zero-order valence-electron chi connectivity index (χ0n) is 7.17. The van der Waals surface area contributed by atoms with Crippen LogP contribution in [0.15, 0.2) is 10.9 Å². The average Bonchev–Trinajstić information content (AvgIpc) is 2.01. The summed E-state index contributed by atoms with van der Waals surface area (Å²) < 4.78 is 24.6. The van der Waals surface area contributed by atoms with Crippen molar-refractivity contribution in [3.63, 3.8) is 0 Å². The predicted molar refractivity (Wildman–Crippen MR) is 43.7 cm³/mol. The van der Waals surface area contributed by atoms with Crippen LogP contribution in [0.4, 0.5) is 8.78 Å². The van der Waals surface area contributed by atoms with Gasteiger partial charge in [-0.2, -0.15) is 0 Å². The minimum absolute atomic E-state index is 0.204. The molecule has 0 radical (unpaired) electrons. The lowest BCUT2D eigenvalue weighted by atomic mass is 10.1. The number of carboxylic acid groups (broad SMARTS) is 1. The summed E-state index contributed by atoms with van der Waals surface area (Å²) in [6.07, 6.45) is -3.01. The Morgan fingerprint density at radius 1 is 1.57 bits per heavy atom.